The predicted molar refractivity (Wildman–Crippen MR) is 247 cm³/mol. The number of para-hydroxylation sites is 2. The highest BCUT2D eigenvalue weighted by Gasteiger charge is 2.51. The van der Waals surface area contributed by atoms with Crippen molar-refractivity contribution in [1.29, 1.82) is 0 Å². The summed E-state index contributed by atoms with van der Waals surface area (Å²) in [6, 6.07) is 77.7. The van der Waals surface area contributed by atoms with E-state index in [9.17, 15) is 0 Å². The quantitative estimate of drug-likeness (QED) is 0.173. The first-order valence-corrected chi connectivity index (χ1v) is 20.9. The third-order valence-corrected chi connectivity index (χ3v) is 13.4. The van der Waals surface area contributed by atoms with E-state index in [0.717, 1.165) is 50.8 Å². The number of ether oxygens (including phenoxy) is 1. The lowest BCUT2D eigenvalue weighted by Crippen LogP contribution is -2.32. The molecule has 0 aromatic heterocycles. The van der Waals surface area contributed by atoms with E-state index in [-0.39, 0.29) is 5.41 Å². The fourth-order valence-electron chi connectivity index (χ4n) is 10.6. The van der Waals surface area contributed by atoms with Crippen LogP contribution in [0.25, 0.3) is 44.5 Å². The molecule has 0 N–H and O–H groups in total. The summed E-state index contributed by atoms with van der Waals surface area (Å²) in [7, 11) is 0. The lowest BCUT2D eigenvalue weighted by Gasteiger charge is -2.40. The molecule has 12 rings (SSSR count). The molecule has 3 aliphatic rings. The Hall–Kier alpha value is -7.42. The van der Waals surface area contributed by atoms with Crippen molar-refractivity contribution >= 4 is 17.1 Å². The van der Waals surface area contributed by atoms with Gasteiger partial charge in [0.25, 0.3) is 0 Å². The summed E-state index contributed by atoms with van der Waals surface area (Å²) in [4.78, 5) is 2.45. The second-order valence-electron chi connectivity index (χ2n) is 16.8. The van der Waals surface area contributed by atoms with Crippen LogP contribution < -0.4 is 9.64 Å². The Morgan fingerprint density at radius 3 is 1.62 bits per heavy atom. The van der Waals surface area contributed by atoms with Gasteiger partial charge in [0.05, 0.1) is 5.41 Å². The molecule has 1 spiro atoms. The summed E-state index contributed by atoms with van der Waals surface area (Å²) in [6.07, 6.45) is 0. The Morgan fingerprint density at radius 1 is 0.333 bits per heavy atom. The SMILES string of the molecule is CC1(C)c2ccccc2-c2ccc(N(c3ccc(-c4ccccc4)cc3)c3ccc4c(c3)-c3ccccc3C43c4ccccc4Oc4c(-c5ccccc5)cccc43)cc21. The normalized spacial score (nSPS) is 15.8. The maximum Gasteiger partial charge on any atom is 0.140 e. The zero-order chi connectivity index (χ0) is 40.0. The van der Waals surface area contributed by atoms with Crippen LogP contribution in [0.15, 0.2) is 212 Å². The molecule has 0 saturated heterocycles. The maximum absolute atomic E-state index is 6.97. The molecule has 1 unspecified atom stereocenters. The summed E-state index contributed by atoms with van der Waals surface area (Å²) in [6.45, 7) is 4.72. The number of benzene rings is 9. The van der Waals surface area contributed by atoms with Crippen LogP contribution in [0.5, 0.6) is 11.5 Å². The van der Waals surface area contributed by atoms with Crippen LogP contribution in [0.1, 0.15) is 47.2 Å². The minimum atomic E-state index is -0.578. The Bertz CT molecular complexity index is 3150. The highest BCUT2D eigenvalue weighted by molar-refractivity contribution is 5.94. The lowest BCUT2D eigenvalue weighted by molar-refractivity contribution is 0.438. The lowest BCUT2D eigenvalue weighted by atomic mass is 9.65. The first-order chi connectivity index (χ1) is 29.5. The van der Waals surface area contributed by atoms with Crippen LogP contribution in [0, 0.1) is 0 Å². The molecule has 0 amide bonds. The molecule has 0 bridgehead atoms. The number of rotatable bonds is 5. The molecular formula is C58H41NO. The van der Waals surface area contributed by atoms with Crippen molar-refractivity contribution in [3.63, 3.8) is 0 Å². The van der Waals surface area contributed by atoms with Crippen molar-refractivity contribution in [3.05, 3.63) is 246 Å². The van der Waals surface area contributed by atoms with Gasteiger partial charge in [0.15, 0.2) is 0 Å². The topological polar surface area (TPSA) is 12.5 Å². The van der Waals surface area contributed by atoms with Crippen LogP contribution >= 0.6 is 0 Å². The van der Waals surface area contributed by atoms with Crippen LogP contribution in [-0.2, 0) is 10.8 Å². The zero-order valence-electron chi connectivity index (χ0n) is 33.6. The molecule has 2 aliphatic carbocycles. The average Bonchev–Trinajstić information content (AvgIpc) is 3.72. The fraction of sp³-hybridized carbons (Fsp3) is 0.0690. The number of hydrogen-bond acceptors (Lipinski definition) is 2. The molecule has 0 radical (unpaired) electrons. The van der Waals surface area contributed by atoms with Gasteiger partial charge < -0.3 is 9.64 Å². The predicted octanol–water partition coefficient (Wildman–Crippen LogP) is 15.3. The summed E-state index contributed by atoms with van der Waals surface area (Å²) in [5.41, 5.74) is 20.0. The van der Waals surface area contributed by atoms with Gasteiger partial charge in [0.1, 0.15) is 11.5 Å². The van der Waals surface area contributed by atoms with Crippen molar-refractivity contribution in [2.45, 2.75) is 24.7 Å². The van der Waals surface area contributed by atoms with Gasteiger partial charge in [-0.3, -0.25) is 0 Å². The van der Waals surface area contributed by atoms with Gasteiger partial charge in [0, 0.05) is 39.2 Å². The molecule has 0 saturated carbocycles. The van der Waals surface area contributed by atoms with Gasteiger partial charge >= 0.3 is 0 Å². The van der Waals surface area contributed by atoms with Gasteiger partial charge in [-0.25, -0.2) is 0 Å². The van der Waals surface area contributed by atoms with Gasteiger partial charge in [-0.05, 0) is 104 Å². The molecule has 1 heterocycles. The van der Waals surface area contributed by atoms with Crippen molar-refractivity contribution < 1.29 is 4.74 Å². The number of fused-ring (bicyclic) bond motifs is 12. The average molecular weight is 768 g/mol. The molecule has 0 fully saturated rings. The van der Waals surface area contributed by atoms with E-state index >= 15 is 0 Å². The van der Waals surface area contributed by atoms with E-state index in [2.05, 4.69) is 231 Å². The molecule has 284 valence electrons. The highest BCUT2D eigenvalue weighted by atomic mass is 16.5. The number of nitrogens with zero attached hydrogens (tertiary/aromatic N) is 1. The van der Waals surface area contributed by atoms with E-state index < -0.39 is 5.41 Å². The maximum atomic E-state index is 6.97. The first kappa shape index (κ1) is 34.6. The minimum Gasteiger partial charge on any atom is -0.456 e. The molecule has 2 heteroatoms. The Kier molecular flexibility index (Phi) is 7.52. The molecule has 60 heavy (non-hydrogen) atoms. The molecule has 2 nitrogen and oxygen atoms in total. The largest absolute Gasteiger partial charge is 0.456 e. The van der Waals surface area contributed by atoms with Crippen LogP contribution in [0.2, 0.25) is 0 Å². The Balaban J connectivity index is 1.08. The van der Waals surface area contributed by atoms with Gasteiger partial charge in [-0.15, -0.1) is 0 Å². The molecular weight excluding hydrogens is 727 g/mol. The van der Waals surface area contributed by atoms with E-state index in [1.165, 1.54) is 55.6 Å². The zero-order valence-corrected chi connectivity index (χ0v) is 33.6. The third-order valence-electron chi connectivity index (χ3n) is 13.4. The standard InChI is InChI=1S/C58H41NO/c1-57(2)49-23-11-9-20-45(49)47-34-32-43(37-54(47)57)59(41-30-28-39(29-31-41)38-16-5-3-6-17-38)42-33-35-51-48(36-42)46-21-10-12-24-50(46)58(51)52-25-13-14-27-55(52)60-56-44(22-15-26-53(56)58)40-18-7-4-8-19-40/h3-37H,1-2H3. The molecule has 9 aromatic carbocycles. The highest BCUT2D eigenvalue weighted by Crippen LogP contribution is 2.64. The van der Waals surface area contributed by atoms with Crippen molar-refractivity contribution in [2.75, 3.05) is 4.90 Å². The monoisotopic (exact) mass is 767 g/mol. The van der Waals surface area contributed by atoms with E-state index in [1.807, 2.05) is 0 Å². The smallest absolute Gasteiger partial charge is 0.140 e. The molecule has 1 atom stereocenters. The van der Waals surface area contributed by atoms with E-state index in [4.69, 9.17) is 4.74 Å². The van der Waals surface area contributed by atoms with Crippen LogP contribution in [-0.4, -0.2) is 0 Å². The van der Waals surface area contributed by atoms with Gasteiger partial charge in [-0.2, -0.15) is 0 Å². The van der Waals surface area contributed by atoms with Crippen LogP contribution in [0.4, 0.5) is 17.1 Å². The second-order valence-corrected chi connectivity index (χ2v) is 16.8. The Morgan fingerprint density at radius 2 is 0.850 bits per heavy atom. The van der Waals surface area contributed by atoms with E-state index in [0.29, 0.717) is 0 Å². The van der Waals surface area contributed by atoms with Crippen molar-refractivity contribution in [1.82, 2.24) is 0 Å². The minimum absolute atomic E-state index is 0.129. The van der Waals surface area contributed by atoms with Crippen molar-refractivity contribution in [2.24, 2.45) is 0 Å². The molecule has 9 aromatic rings. The second kappa shape index (κ2) is 13.0. The third kappa shape index (κ3) is 4.88. The Labute approximate surface area is 351 Å². The first-order valence-electron chi connectivity index (χ1n) is 20.9. The summed E-state index contributed by atoms with van der Waals surface area (Å²) in [5, 5.41) is 0. The summed E-state index contributed by atoms with van der Waals surface area (Å²) >= 11 is 0. The number of anilines is 3. The number of hydrogen-bond donors (Lipinski definition) is 0. The van der Waals surface area contributed by atoms with E-state index in [1.54, 1.807) is 0 Å². The van der Waals surface area contributed by atoms with Crippen molar-refractivity contribution in [3.8, 4) is 56.0 Å². The molecule has 1 aliphatic heterocycles. The van der Waals surface area contributed by atoms with Gasteiger partial charge in [0.2, 0.25) is 0 Å². The van der Waals surface area contributed by atoms with Crippen LogP contribution in [0.3, 0.4) is 0 Å². The fourth-order valence-corrected chi connectivity index (χ4v) is 10.6. The summed E-state index contributed by atoms with van der Waals surface area (Å²) < 4.78 is 6.97. The summed E-state index contributed by atoms with van der Waals surface area (Å²) in [5.74, 6) is 1.80. The van der Waals surface area contributed by atoms with Gasteiger partial charge in [-0.1, -0.05) is 184 Å².